The zero-order valence-electron chi connectivity index (χ0n) is 22.1. The van der Waals surface area contributed by atoms with Crippen molar-refractivity contribution in [2.75, 3.05) is 18.1 Å². The third kappa shape index (κ3) is 5.60. The Morgan fingerprint density at radius 3 is 2.17 bits per heavy atom. The summed E-state index contributed by atoms with van der Waals surface area (Å²) >= 11 is 6.15. The van der Waals surface area contributed by atoms with Gasteiger partial charge in [-0.3, -0.25) is 14.5 Å². The summed E-state index contributed by atoms with van der Waals surface area (Å²) in [6.45, 7) is 1.66. The lowest BCUT2D eigenvalue weighted by Gasteiger charge is -2.29. The Morgan fingerprint density at radius 1 is 0.829 bits per heavy atom. The quantitative estimate of drug-likeness (QED) is 0.198. The number of Topliss-reactive ketones (excluding diaryl/α,β-unsaturated/α-hetero) is 1. The van der Waals surface area contributed by atoms with E-state index >= 15 is 0 Å². The average molecular weight is 563 g/mol. The zero-order chi connectivity index (χ0) is 28.5. The highest BCUT2D eigenvalue weighted by Crippen LogP contribution is 2.38. The number of carbonyl (C=O) groups excluding carboxylic acids is 2. The molecule has 0 unspecified atom stereocenters. The number of hydrogen-bond donors (Lipinski definition) is 0. The molecule has 0 N–H and O–H groups in total. The van der Waals surface area contributed by atoms with Crippen LogP contribution in [0.1, 0.15) is 15.9 Å². The van der Waals surface area contributed by atoms with Gasteiger partial charge in [0, 0.05) is 21.7 Å². The van der Waals surface area contributed by atoms with Crippen LogP contribution < -0.4 is 9.64 Å². The Hall–Kier alpha value is -4.81. The maximum Gasteiger partial charge on any atom is 0.265 e. The van der Waals surface area contributed by atoms with Crippen molar-refractivity contribution in [3.05, 3.63) is 125 Å². The van der Waals surface area contributed by atoms with Crippen LogP contribution in [-0.4, -0.2) is 29.8 Å². The van der Waals surface area contributed by atoms with E-state index in [-0.39, 0.29) is 24.8 Å². The summed E-state index contributed by atoms with van der Waals surface area (Å²) in [5.74, 6) is -0.584. The Balaban J connectivity index is 1.42. The molecular weight excluding hydrogens is 539 g/mol. The van der Waals surface area contributed by atoms with E-state index < -0.39 is 5.82 Å². The van der Waals surface area contributed by atoms with Gasteiger partial charge in [0.2, 0.25) is 0 Å². The molecule has 0 fully saturated rings. The lowest BCUT2D eigenvalue weighted by Crippen LogP contribution is -2.42. The molecule has 202 valence electrons. The van der Waals surface area contributed by atoms with Gasteiger partial charge < -0.3 is 4.74 Å². The van der Waals surface area contributed by atoms with E-state index in [1.54, 1.807) is 6.07 Å². The van der Waals surface area contributed by atoms with Crippen LogP contribution in [0.25, 0.3) is 33.6 Å². The van der Waals surface area contributed by atoms with E-state index in [1.807, 2.05) is 79.7 Å². The fraction of sp³-hybridized carbons (Fsp3) is 0.0882. The molecule has 2 heterocycles. The number of rotatable bonds is 6. The topological polar surface area (TPSA) is 59.5 Å². The number of ether oxygens (including phenoxy) is 1. The Kier molecular flexibility index (Phi) is 7.08. The molecule has 0 bridgehead atoms. The molecule has 1 aliphatic heterocycles. The van der Waals surface area contributed by atoms with E-state index in [0.717, 1.165) is 33.5 Å². The van der Waals surface area contributed by atoms with Crippen molar-refractivity contribution < 1.29 is 18.7 Å². The van der Waals surface area contributed by atoms with Crippen LogP contribution in [-0.2, 0) is 4.79 Å². The normalized spacial score (nSPS) is 12.6. The SMILES string of the molecule is Cc1ccc(-c2cc(-c3ccc(Cl)cc3)cc(-c3ccc4c(c3)N(CC(=O)c3ccc(F)cc3)C(=O)CO4)n2)cc1. The standard InChI is InChI=1S/C34H24ClFN2O3/c1-21-2-4-23(5-3-21)29-16-26(22-6-11-27(35)12-7-22)17-30(37-29)25-10-15-33-31(18-25)38(34(40)20-41-33)19-32(39)24-8-13-28(36)14-9-24/h2-18H,19-20H2,1H3. The molecule has 1 amide bonds. The fourth-order valence-electron chi connectivity index (χ4n) is 4.77. The second kappa shape index (κ2) is 11.0. The summed E-state index contributed by atoms with van der Waals surface area (Å²) in [6.07, 6.45) is 0. The highest BCUT2D eigenvalue weighted by molar-refractivity contribution is 6.30. The second-order valence-electron chi connectivity index (χ2n) is 9.88. The molecule has 4 aromatic carbocycles. The lowest BCUT2D eigenvalue weighted by atomic mass is 9.99. The molecule has 0 atom stereocenters. The van der Waals surface area contributed by atoms with Crippen molar-refractivity contribution in [2.24, 2.45) is 0 Å². The van der Waals surface area contributed by atoms with Crippen molar-refractivity contribution in [3.8, 4) is 39.4 Å². The number of nitrogens with zero attached hydrogens (tertiary/aromatic N) is 2. The average Bonchev–Trinajstić information content (AvgIpc) is 2.99. The number of carbonyl (C=O) groups is 2. The number of pyridine rings is 1. The molecule has 5 nitrogen and oxygen atoms in total. The molecule has 6 rings (SSSR count). The molecule has 0 saturated carbocycles. The number of aromatic nitrogens is 1. The van der Waals surface area contributed by atoms with Crippen molar-refractivity contribution in [1.82, 2.24) is 4.98 Å². The molecule has 0 saturated heterocycles. The highest BCUT2D eigenvalue weighted by atomic mass is 35.5. The third-order valence-electron chi connectivity index (χ3n) is 7.02. The minimum absolute atomic E-state index is 0.176. The molecule has 1 aliphatic rings. The zero-order valence-corrected chi connectivity index (χ0v) is 22.9. The molecule has 1 aromatic heterocycles. The maximum absolute atomic E-state index is 13.4. The van der Waals surface area contributed by atoms with Gasteiger partial charge in [0.15, 0.2) is 12.4 Å². The second-order valence-corrected chi connectivity index (χ2v) is 10.3. The molecule has 41 heavy (non-hydrogen) atoms. The first-order valence-corrected chi connectivity index (χ1v) is 13.4. The maximum atomic E-state index is 13.4. The van der Waals surface area contributed by atoms with Gasteiger partial charge >= 0.3 is 0 Å². The van der Waals surface area contributed by atoms with E-state index in [2.05, 4.69) is 0 Å². The number of aryl methyl sites for hydroxylation is 1. The number of benzene rings is 4. The predicted molar refractivity (Wildman–Crippen MR) is 159 cm³/mol. The molecule has 0 aliphatic carbocycles. The van der Waals surface area contributed by atoms with Crippen LogP contribution in [0.4, 0.5) is 10.1 Å². The lowest BCUT2D eigenvalue weighted by molar-refractivity contribution is -0.121. The van der Waals surface area contributed by atoms with Gasteiger partial charge in [-0.2, -0.15) is 0 Å². The minimum Gasteiger partial charge on any atom is -0.482 e. The van der Waals surface area contributed by atoms with Crippen LogP contribution in [0.15, 0.2) is 103 Å². The number of amides is 1. The number of anilines is 1. The minimum atomic E-state index is -0.433. The number of ketones is 1. The first-order valence-electron chi connectivity index (χ1n) is 13.1. The Bertz CT molecular complexity index is 1700. The number of fused-ring (bicyclic) bond motifs is 1. The fourth-order valence-corrected chi connectivity index (χ4v) is 4.89. The van der Waals surface area contributed by atoms with Crippen LogP contribution in [0.2, 0.25) is 5.02 Å². The van der Waals surface area contributed by atoms with E-state index in [9.17, 15) is 14.0 Å². The predicted octanol–water partition coefficient (Wildman–Crippen LogP) is 7.79. The van der Waals surface area contributed by atoms with Gasteiger partial charge in [0.05, 0.1) is 23.6 Å². The van der Waals surface area contributed by atoms with E-state index in [1.165, 1.54) is 29.2 Å². The summed E-state index contributed by atoms with van der Waals surface area (Å²) in [5, 5.41) is 0.649. The smallest absolute Gasteiger partial charge is 0.265 e. The van der Waals surface area contributed by atoms with Gasteiger partial charge in [-0.05, 0) is 84.8 Å². The Morgan fingerprint density at radius 2 is 1.46 bits per heavy atom. The largest absolute Gasteiger partial charge is 0.482 e. The third-order valence-corrected chi connectivity index (χ3v) is 7.27. The van der Waals surface area contributed by atoms with Gasteiger partial charge in [-0.25, -0.2) is 9.37 Å². The summed E-state index contributed by atoms with van der Waals surface area (Å²) in [5.41, 5.74) is 7.09. The van der Waals surface area contributed by atoms with Crippen LogP contribution in [0.3, 0.4) is 0 Å². The number of hydrogen-bond acceptors (Lipinski definition) is 4. The summed E-state index contributed by atoms with van der Waals surface area (Å²) in [4.78, 5) is 32.3. The summed E-state index contributed by atoms with van der Waals surface area (Å²) < 4.78 is 19.1. The van der Waals surface area contributed by atoms with Crippen LogP contribution in [0.5, 0.6) is 5.75 Å². The molecule has 7 heteroatoms. The first-order chi connectivity index (χ1) is 19.8. The van der Waals surface area contributed by atoms with Gasteiger partial charge in [-0.1, -0.05) is 53.6 Å². The van der Waals surface area contributed by atoms with Crippen molar-refractivity contribution >= 4 is 29.0 Å². The Labute approximate surface area is 241 Å². The summed E-state index contributed by atoms with van der Waals surface area (Å²) in [7, 11) is 0. The van der Waals surface area contributed by atoms with E-state index in [4.69, 9.17) is 21.3 Å². The highest BCUT2D eigenvalue weighted by Gasteiger charge is 2.28. The van der Waals surface area contributed by atoms with Crippen molar-refractivity contribution in [1.29, 1.82) is 0 Å². The van der Waals surface area contributed by atoms with Gasteiger partial charge in [0.1, 0.15) is 11.6 Å². The number of halogens is 2. The molecule has 5 aromatic rings. The molecule has 0 spiro atoms. The van der Waals surface area contributed by atoms with E-state index in [0.29, 0.717) is 27.7 Å². The van der Waals surface area contributed by atoms with Gasteiger partial charge in [0.25, 0.3) is 5.91 Å². The van der Waals surface area contributed by atoms with Gasteiger partial charge in [-0.15, -0.1) is 0 Å². The molecular formula is C34H24ClFN2O3. The summed E-state index contributed by atoms with van der Waals surface area (Å²) in [6, 6.07) is 30.6. The van der Waals surface area contributed by atoms with Crippen LogP contribution in [0, 0.1) is 12.7 Å². The monoisotopic (exact) mass is 562 g/mol. The van der Waals surface area contributed by atoms with Crippen molar-refractivity contribution in [2.45, 2.75) is 6.92 Å². The van der Waals surface area contributed by atoms with Crippen LogP contribution >= 0.6 is 11.6 Å². The van der Waals surface area contributed by atoms with Crippen molar-refractivity contribution in [3.63, 3.8) is 0 Å². The molecule has 0 radical (unpaired) electrons. The first kappa shape index (κ1) is 26.4.